The van der Waals surface area contributed by atoms with Gasteiger partial charge in [-0.25, -0.2) is 0 Å². The fourth-order valence-electron chi connectivity index (χ4n) is 3.03. The molecule has 3 rings (SSSR count). The van der Waals surface area contributed by atoms with Gasteiger partial charge in [0.25, 0.3) is 0 Å². The molecule has 0 saturated heterocycles. The van der Waals surface area contributed by atoms with Crippen LogP contribution in [0.4, 0.5) is 0 Å². The lowest BCUT2D eigenvalue weighted by molar-refractivity contribution is 0.103. The summed E-state index contributed by atoms with van der Waals surface area (Å²) in [6.07, 6.45) is 6.08. The van der Waals surface area contributed by atoms with E-state index in [2.05, 4.69) is 23.1 Å². The Morgan fingerprint density at radius 1 is 1.26 bits per heavy atom. The van der Waals surface area contributed by atoms with Crippen LogP contribution in [0.5, 0.6) is 5.75 Å². The molecule has 0 radical (unpaired) electrons. The van der Waals surface area contributed by atoms with Crippen LogP contribution in [0.1, 0.15) is 30.4 Å². The third-order valence-electron chi connectivity index (χ3n) is 4.42. The van der Waals surface area contributed by atoms with E-state index in [4.69, 9.17) is 4.74 Å². The number of benzene rings is 1. The average Bonchev–Trinajstić information content (AvgIpc) is 2.81. The lowest BCUT2D eigenvalue weighted by atomic mass is 9.91. The first-order valence-electron chi connectivity index (χ1n) is 7.46. The van der Waals surface area contributed by atoms with Crippen LogP contribution >= 0.6 is 0 Å². The molecule has 2 aliphatic rings. The number of aliphatic hydroxyl groups excluding tert-OH is 1. The molecule has 1 heterocycles. The van der Waals surface area contributed by atoms with Gasteiger partial charge in [0.15, 0.2) is 0 Å². The standard InChI is InChI=1S/C16H23NO2/c18-10-9-17(15-2-1-3-15)8-6-13-4-5-16-14(12-13)7-11-19-16/h4-5,12,15,18H,1-3,6-11H2. The second-order valence-corrected chi connectivity index (χ2v) is 5.63. The number of rotatable bonds is 6. The number of ether oxygens (including phenoxy) is 1. The minimum atomic E-state index is 0.272. The molecule has 0 unspecified atom stereocenters. The summed E-state index contributed by atoms with van der Waals surface area (Å²) in [5.74, 6) is 1.06. The minimum Gasteiger partial charge on any atom is -0.493 e. The van der Waals surface area contributed by atoms with E-state index in [1.54, 1.807) is 0 Å². The predicted molar refractivity (Wildman–Crippen MR) is 75.6 cm³/mol. The van der Waals surface area contributed by atoms with Crippen molar-refractivity contribution in [1.82, 2.24) is 4.90 Å². The number of hydrogen-bond donors (Lipinski definition) is 1. The zero-order valence-electron chi connectivity index (χ0n) is 11.5. The second kappa shape index (κ2) is 5.93. The van der Waals surface area contributed by atoms with Gasteiger partial charge in [-0.3, -0.25) is 4.90 Å². The summed E-state index contributed by atoms with van der Waals surface area (Å²) >= 11 is 0. The first kappa shape index (κ1) is 12.9. The number of fused-ring (bicyclic) bond motifs is 1. The van der Waals surface area contributed by atoms with Gasteiger partial charge in [-0.2, -0.15) is 0 Å². The topological polar surface area (TPSA) is 32.7 Å². The Kier molecular flexibility index (Phi) is 4.04. The van der Waals surface area contributed by atoms with E-state index >= 15 is 0 Å². The Hall–Kier alpha value is -1.06. The highest BCUT2D eigenvalue weighted by Crippen LogP contribution is 2.27. The van der Waals surface area contributed by atoms with E-state index in [-0.39, 0.29) is 6.61 Å². The van der Waals surface area contributed by atoms with Gasteiger partial charge in [0.2, 0.25) is 0 Å². The summed E-state index contributed by atoms with van der Waals surface area (Å²) < 4.78 is 5.54. The molecule has 3 nitrogen and oxygen atoms in total. The van der Waals surface area contributed by atoms with E-state index < -0.39 is 0 Å². The molecule has 1 aliphatic heterocycles. The molecule has 1 saturated carbocycles. The van der Waals surface area contributed by atoms with Gasteiger partial charge in [-0.15, -0.1) is 0 Å². The zero-order chi connectivity index (χ0) is 13.1. The van der Waals surface area contributed by atoms with E-state index in [0.29, 0.717) is 6.04 Å². The summed E-state index contributed by atoms with van der Waals surface area (Å²) in [6.45, 7) is 2.98. The highest BCUT2D eigenvalue weighted by Gasteiger charge is 2.24. The van der Waals surface area contributed by atoms with Crippen molar-refractivity contribution < 1.29 is 9.84 Å². The van der Waals surface area contributed by atoms with Crippen molar-refractivity contribution >= 4 is 0 Å². The van der Waals surface area contributed by atoms with Crippen LogP contribution in [0, 0.1) is 0 Å². The second-order valence-electron chi connectivity index (χ2n) is 5.63. The molecule has 104 valence electrons. The Morgan fingerprint density at radius 3 is 2.89 bits per heavy atom. The number of aliphatic hydroxyl groups is 1. The van der Waals surface area contributed by atoms with Crippen LogP contribution in [0.3, 0.4) is 0 Å². The quantitative estimate of drug-likeness (QED) is 0.850. The SMILES string of the molecule is OCCN(CCc1ccc2c(c1)CCO2)C1CCC1. The monoisotopic (exact) mass is 261 g/mol. The van der Waals surface area contributed by atoms with Crippen LogP contribution in [-0.2, 0) is 12.8 Å². The van der Waals surface area contributed by atoms with Gasteiger partial charge in [0.05, 0.1) is 13.2 Å². The Balaban J connectivity index is 1.58. The molecule has 1 aromatic rings. The Labute approximate surface area is 115 Å². The van der Waals surface area contributed by atoms with Crippen LogP contribution in [0.2, 0.25) is 0 Å². The van der Waals surface area contributed by atoms with E-state index in [1.807, 2.05) is 0 Å². The van der Waals surface area contributed by atoms with Crippen molar-refractivity contribution in [3.8, 4) is 5.75 Å². The maximum atomic E-state index is 9.17. The summed E-state index contributed by atoms with van der Waals surface area (Å²) in [7, 11) is 0. The molecule has 1 N–H and O–H groups in total. The fraction of sp³-hybridized carbons (Fsp3) is 0.625. The normalized spacial score (nSPS) is 18.2. The Morgan fingerprint density at radius 2 is 2.16 bits per heavy atom. The molecule has 1 aliphatic carbocycles. The van der Waals surface area contributed by atoms with E-state index in [1.165, 1.54) is 30.4 Å². The van der Waals surface area contributed by atoms with E-state index in [9.17, 15) is 5.11 Å². The smallest absolute Gasteiger partial charge is 0.122 e. The van der Waals surface area contributed by atoms with Gasteiger partial charge < -0.3 is 9.84 Å². The van der Waals surface area contributed by atoms with Crippen LogP contribution in [0.15, 0.2) is 18.2 Å². The maximum Gasteiger partial charge on any atom is 0.122 e. The number of hydrogen-bond acceptors (Lipinski definition) is 3. The molecule has 3 heteroatoms. The van der Waals surface area contributed by atoms with Gasteiger partial charge in [0, 0.05) is 25.6 Å². The van der Waals surface area contributed by atoms with Crippen molar-refractivity contribution in [2.45, 2.75) is 38.1 Å². The average molecular weight is 261 g/mol. The molecule has 1 fully saturated rings. The van der Waals surface area contributed by atoms with Crippen LogP contribution < -0.4 is 4.74 Å². The van der Waals surface area contributed by atoms with Gasteiger partial charge in [-0.05, 0) is 36.5 Å². The summed E-state index contributed by atoms with van der Waals surface area (Å²) in [5.41, 5.74) is 2.75. The molecular formula is C16H23NO2. The molecule has 1 aromatic carbocycles. The predicted octanol–water partition coefficient (Wildman–Crippen LogP) is 2.01. The lowest BCUT2D eigenvalue weighted by Gasteiger charge is -2.37. The van der Waals surface area contributed by atoms with Gasteiger partial charge in [0.1, 0.15) is 5.75 Å². The maximum absolute atomic E-state index is 9.17. The van der Waals surface area contributed by atoms with Crippen molar-refractivity contribution in [3.63, 3.8) is 0 Å². The molecule has 19 heavy (non-hydrogen) atoms. The molecule has 0 spiro atoms. The van der Waals surface area contributed by atoms with Crippen molar-refractivity contribution in [3.05, 3.63) is 29.3 Å². The zero-order valence-corrected chi connectivity index (χ0v) is 11.5. The van der Waals surface area contributed by atoms with Crippen LogP contribution in [0.25, 0.3) is 0 Å². The third-order valence-corrected chi connectivity index (χ3v) is 4.42. The van der Waals surface area contributed by atoms with E-state index in [0.717, 1.165) is 38.3 Å². The number of nitrogens with zero attached hydrogens (tertiary/aromatic N) is 1. The van der Waals surface area contributed by atoms with Crippen molar-refractivity contribution in [2.24, 2.45) is 0 Å². The van der Waals surface area contributed by atoms with Gasteiger partial charge in [-0.1, -0.05) is 18.6 Å². The first-order valence-corrected chi connectivity index (χ1v) is 7.46. The van der Waals surface area contributed by atoms with Gasteiger partial charge >= 0.3 is 0 Å². The summed E-state index contributed by atoms with van der Waals surface area (Å²) in [6, 6.07) is 7.30. The fourth-order valence-corrected chi connectivity index (χ4v) is 3.03. The summed E-state index contributed by atoms with van der Waals surface area (Å²) in [4.78, 5) is 2.45. The minimum absolute atomic E-state index is 0.272. The Bertz CT molecular complexity index is 429. The molecular weight excluding hydrogens is 238 g/mol. The van der Waals surface area contributed by atoms with Crippen molar-refractivity contribution in [1.29, 1.82) is 0 Å². The third kappa shape index (κ3) is 2.93. The highest BCUT2D eigenvalue weighted by atomic mass is 16.5. The largest absolute Gasteiger partial charge is 0.493 e. The van der Waals surface area contributed by atoms with Crippen LogP contribution in [-0.4, -0.2) is 42.4 Å². The lowest BCUT2D eigenvalue weighted by Crippen LogP contribution is -2.42. The molecule has 0 aromatic heterocycles. The highest BCUT2D eigenvalue weighted by molar-refractivity contribution is 5.39. The molecule has 0 bridgehead atoms. The molecule has 0 atom stereocenters. The summed E-state index contributed by atoms with van der Waals surface area (Å²) in [5, 5.41) is 9.17. The van der Waals surface area contributed by atoms with Crippen molar-refractivity contribution in [2.75, 3.05) is 26.3 Å². The first-order chi connectivity index (χ1) is 9.36. The molecule has 0 amide bonds.